The highest BCUT2D eigenvalue weighted by molar-refractivity contribution is 7.13. The topological polar surface area (TPSA) is 101 Å². The van der Waals surface area contributed by atoms with E-state index in [-0.39, 0.29) is 31.0 Å². The fourth-order valence-electron chi connectivity index (χ4n) is 3.41. The van der Waals surface area contributed by atoms with Gasteiger partial charge in [0.05, 0.1) is 18.9 Å². The second-order valence-corrected chi connectivity index (χ2v) is 9.92. The Balaban J connectivity index is 1.59. The number of thiazole rings is 1. The van der Waals surface area contributed by atoms with Crippen LogP contribution in [0, 0.1) is 0 Å². The highest BCUT2D eigenvalue weighted by Crippen LogP contribution is 2.30. The predicted octanol–water partition coefficient (Wildman–Crippen LogP) is 3.34. The summed E-state index contributed by atoms with van der Waals surface area (Å²) in [4.78, 5) is 46.1. The van der Waals surface area contributed by atoms with Gasteiger partial charge in [0, 0.05) is 29.7 Å². The number of anilines is 2. The molecule has 9 nitrogen and oxygen atoms in total. The highest BCUT2D eigenvalue weighted by atomic mass is 32.1. The average molecular weight is 473 g/mol. The number of amides is 3. The molecule has 2 heterocycles. The first-order chi connectivity index (χ1) is 15.7. The van der Waals surface area contributed by atoms with Gasteiger partial charge in [-0.2, -0.15) is 0 Å². The van der Waals surface area contributed by atoms with Crippen LogP contribution in [0.5, 0.6) is 0 Å². The van der Waals surface area contributed by atoms with Gasteiger partial charge in [-0.1, -0.05) is 0 Å². The third-order valence-electron chi connectivity index (χ3n) is 5.17. The molecule has 1 aromatic carbocycles. The van der Waals surface area contributed by atoms with Gasteiger partial charge in [-0.3, -0.25) is 19.4 Å². The van der Waals surface area contributed by atoms with Crippen LogP contribution in [0.25, 0.3) is 0 Å². The number of ether oxygens (including phenoxy) is 2. The molecule has 4 rings (SSSR count). The second-order valence-electron chi connectivity index (χ2n) is 9.05. The van der Waals surface area contributed by atoms with Crippen molar-refractivity contribution in [3.05, 3.63) is 41.4 Å². The molecular formula is C23H28N4O5S. The molecule has 10 heteroatoms. The Hall–Kier alpha value is -2.98. The van der Waals surface area contributed by atoms with Crippen LogP contribution in [0.2, 0.25) is 0 Å². The Bertz CT molecular complexity index is 999. The van der Waals surface area contributed by atoms with E-state index in [0.29, 0.717) is 23.0 Å². The maximum atomic E-state index is 13.7. The van der Waals surface area contributed by atoms with Crippen molar-refractivity contribution in [3.63, 3.8) is 0 Å². The fraction of sp³-hybridized carbons (Fsp3) is 0.478. The Kier molecular flexibility index (Phi) is 6.66. The molecule has 1 aliphatic heterocycles. The lowest BCUT2D eigenvalue weighted by atomic mass is 10.1. The van der Waals surface area contributed by atoms with Crippen LogP contribution in [0.4, 0.5) is 15.6 Å². The first-order valence-corrected chi connectivity index (χ1v) is 11.8. The summed E-state index contributed by atoms with van der Waals surface area (Å²) in [7, 11) is 0. The van der Waals surface area contributed by atoms with Crippen LogP contribution in [0.3, 0.4) is 0 Å². The molecule has 0 spiro atoms. The fourth-order valence-corrected chi connectivity index (χ4v) is 4.08. The quantitative estimate of drug-likeness (QED) is 0.716. The molecule has 1 saturated carbocycles. The van der Waals surface area contributed by atoms with E-state index in [2.05, 4.69) is 10.3 Å². The Morgan fingerprint density at radius 1 is 1.21 bits per heavy atom. The standard InChI is InChI=1S/C23H28N4O5S/c1-23(2,3)32-22(30)26-11-12-31-14-18(26)20(29)27(21-24-10-13-33-21)17-8-4-15(5-9-17)19(28)25-16-6-7-16/h4-5,8-10,13,16,18H,6-7,11-12,14H2,1-3H3,(H,25,28). The summed E-state index contributed by atoms with van der Waals surface area (Å²) in [5.41, 5.74) is 0.385. The lowest BCUT2D eigenvalue weighted by Crippen LogP contribution is -2.57. The van der Waals surface area contributed by atoms with Crippen molar-refractivity contribution in [2.24, 2.45) is 0 Å². The van der Waals surface area contributed by atoms with Gasteiger partial charge in [0.2, 0.25) is 0 Å². The molecule has 2 fully saturated rings. The number of morpholine rings is 1. The first kappa shape index (κ1) is 23.2. The van der Waals surface area contributed by atoms with Gasteiger partial charge in [-0.25, -0.2) is 9.78 Å². The molecule has 2 aliphatic rings. The number of carbonyl (C=O) groups is 3. The van der Waals surface area contributed by atoms with E-state index in [1.54, 1.807) is 56.6 Å². The van der Waals surface area contributed by atoms with Crippen LogP contribution >= 0.6 is 11.3 Å². The number of hydrogen-bond acceptors (Lipinski definition) is 7. The number of carbonyl (C=O) groups excluding carboxylic acids is 3. The lowest BCUT2D eigenvalue weighted by molar-refractivity contribution is -0.128. The molecule has 1 unspecified atom stereocenters. The molecule has 0 radical (unpaired) electrons. The molecule has 1 atom stereocenters. The summed E-state index contributed by atoms with van der Waals surface area (Å²) in [6.07, 6.45) is 3.07. The second kappa shape index (κ2) is 9.48. The van der Waals surface area contributed by atoms with Crippen molar-refractivity contribution < 1.29 is 23.9 Å². The molecule has 2 aromatic rings. The van der Waals surface area contributed by atoms with Gasteiger partial charge in [0.15, 0.2) is 5.13 Å². The summed E-state index contributed by atoms with van der Waals surface area (Å²) in [5, 5.41) is 5.19. The highest BCUT2D eigenvalue weighted by Gasteiger charge is 2.39. The van der Waals surface area contributed by atoms with Crippen LogP contribution < -0.4 is 10.2 Å². The van der Waals surface area contributed by atoms with Gasteiger partial charge in [0.25, 0.3) is 11.8 Å². The van der Waals surface area contributed by atoms with E-state index in [1.165, 1.54) is 21.1 Å². The van der Waals surface area contributed by atoms with Crippen LogP contribution in [0.1, 0.15) is 44.0 Å². The van der Waals surface area contributed by atoms with Crippen molar-refractivity contribution in [2.75, 3.05) is 24.7 Å². The molecule has 1 aromatic heterocycles. The number of rotatable bonds is 5. The van der Waals surface area contributed by atoms with Gasteiger partial charge in [-0.15, -0.1) is 11.3 Å². The zero-order chi connectivity index (χ0) is 23.6. The third-order valence-corrected chi connectivity index (χ3v) is 5.93. The van der Waals surface area contributed by atoms with Crippen molar-refractivity contribution in [1.29, 1.82) is 0 Å². The molecule has 3 amide bonds. The van der Waals surface area contributed by atoms with Crippen LogP contribution in [-0.4, -0.2) is 65.2 Å². The minimum Gasteiger partial charge on any atom is -0.444 e. The zero-order valence-corrected chi connectivity index (χ0v) is 19.8. The van der Waals surface area contributed by atoms with Gasteiger partial charge >= 0.3 is 6.09 Å². The summed E-state index contributed by atoms with van der Waals surface area (Å²) in [5.74, 6) is -0.487. The largest absolute Gasteiger partial charge is 0.444 e. The summed E-state index contributed by atoms with van der Waals surface area (Å²) >= 11 is 1.30. The third kappa shape index (κ3) is 5.69. The van der Waals surface area contributed by atoms with E-state index in [0.717, 1.165) is 12.8 Å². The number of aromatic nitrogens is 1. The van der Waals surface area contributed by atoms with Crippen molar-refractivity contribution in [1.82, 2.24) is 15.2 Å². The lowest BCUT2D eigenvalue weighted by Gasteiger charge is -2.37. The van der Waals surface area contributed by atoms with Gasteiger partial charge in [0.1, 0.15) is 11.6 Å². The number of nitrogens with one attached hydrogen (secondary N) is 1. The molecule has 1 aliphatic carbocycles. The summed E-state index contributed by atoms with van der Waals surface area (Å²) < 4.78 is 11.1. The molecular weight excluding hydrogens is 444 g/mol. The Morgan fingerprint density at radius 3 is 2.55 bits per heavy atom. The maximum Gasteiger partial charge on any atom is 0.411 e. The van der Waals surface area contributed by atoms with E-state index in [9.17, 15) is 14.4 Å². The van der Waals surface area contributed by atoms with E-state index >= 15 is 0 Å². The van der Waals surface area contributed by atoms with E-state index in [4.69, 9.17) is 9.47 Å². The zero-order valence-electron chi connectivity index (χ0n) is 18.9. The van der Waals surface area contributed by atoms with E-state index in [1.807, 2.05) is 0 Å². The SMILES string of the molecule is CC(C)(C)OC(=O)N1CCOCC1C(=O)N(c1ccc(C(=O)NC2CC2)cc1)c1nccs1. The first-order valence-electron chi connectivity index (χ1n) is 10.9. The maximum absolute atomic E-state index is 13.7. The van der Waals surface area contributed by atoms with Gasteiger partial charge < -0.3 is 14.8 Å². The minimum absolute atomic E-state index is 0.0574. The number of benzene rings is 1. The summed E-state index contributed by atoms with van der Waals surface area (Å²) in [6, 6.07) is 6.19. The molecule has 0 bridgehead atoms. The summed E-state index contributed by atoms with van der Waals surface area (Å²) in [6.45, 7) is 5.98. The molecule has 33 heavy (non-hydrogen) atoms. The van der Waals surface area contributed by atoms with Crippen molar-refractivity contribution >= 4 is 40.1 Å². The van der Waals surface area contributed by atoms with Crippen LogP contribution in [-0.2, 0) is 14.3 Å². The average Bonchev–Trinajstić information content (AvgIpc) is 3.43. The van der Waals surface area contributed by atoms with Crippen molar-refractivity contribution in [2.45, 2.75) is 51.3 Å². The molecule has 1 saturated heterocycles. The monoisotopic (exact) mass is 472 g/mol. The number of nitrogens with zero attached hydrogens (tertiary/aromatic N) is 3. The van der Waals surface area contributed by atoms with Crippen LogP contribution in [0.15, 0.2) is 35.8 Å². The minimum atomic E-state index is -0.865. The Labute approximate surface area is 196 Å². The van der Waals surface area contributed by atoms with Crippen molar-refractivity contribution in [3.8, 4) is 0 Å². The Morgan fingerprint density at radius 2 is 1.94 bits per heavy atom. The normalized spacial score (nSPS) is 18.5. The molecule has 1 N–H and O–H groups in total. The van der Waals surface area contributed by atoms with E-state index < -0.39 is 17.7 Å². The molecule has 176 valence electrons. The van der Waals surface area contributed by atoms with Gasteiger partial charge in [-0.05, 0) is 57.9 Å². The predicted molar refractivity (Wildman–Crippen MR) is 124 cm³/mol. The smallest absolute Gasteiger partial charge is 0.411 e. The number of hydrogen-bond donors (Lipinski definition) is 1.